The molecule has 0 saturated carbocycles. The first-order valence-electron chi connectivity index (χ1n) is 7.28. The van der Waals surface area contributed by atoms with Gasteiger partial charge in [0.1, 0.15) is 6.61 Å². The van der Waals surface area contributed by atoms with Crippen LogP contribution in [0, 0.1) is 0 Å². The van der Waals surface area contributed by atoms with Gasteiger partial charge >= 0.3 is 6.01 Å². The predicted octanol–water partition coefficient (Wildman–Crippen LogP) is 2.71. The van der Waals surface area contributed by atoms with Crippen molar-refractivity contribution >= 4 is 11.9 Å². The van der Waals surface area contributed by atoms with Gasteiger partial charge in [-0.3, -0.25) is 10.1 Å². The van der Waals surface area contributed by atoms with E-state index in [0.29, 0.717) is 17.9 Å². The van der Waals surface area contributed by atoms with E-state index in [-0.39, 0.29) is 24.4 Å². The third-order valence-electron chi connectivity index (χ3n) is 3.23. The highest BCUT2D eigenvalue weighted by Gasteiger charge is 2.27. The predicted molar refractivity (Wildman–Crippen MR) is 77.8 cm³/mol. The number of carbonyl (C=O) groups is 1. The van der Waals surface area contributed by atoms with Crippen LogP contribution in [0.3, 0.4) is 0 Å². The fourth-order valence-corrected chi connectivity index (χ4v) is 2.08. The van der Waals surface area contributed by atoms with E-state index >= 15 is 0 Å². The molecule has 0 aliphatic carbocycles. The molecule has 1 aliphatic heterocycles. The van der Waals surface area contributed by atoms with Crippen LogP contribution < -0.4 is 14.8 Å². The zero-order valence-corrected chi connectivity index (χ0v) is 12.2. The van der Waals surface area contributed by atoms with Crippen LogP contribution >= 0.6 is 0 Å². The summed E-state index contributed by atoms with van der Waals surface area (Å²) in [5.41, 5.74) is 0. The highest BCUT2D eigenvalue weighted by atomic mass is 16.6. The van der Waals surface area contributed by atoms with Crippen LogP contribution in [-0.2, 0) is 4.79 Å². The highest BCUT2D eigenvalue weighted by molar-refractivity contribution is 5.88. The van der Waals surface area contributed by atoms with E-state index in [4.69, 9.17) is 13.9 Å². The molecule has 3 rings (SSSR count). The third kappa shape index (κ3) is 3.19. The monoisotopic (exact) mass is 303 g/mol. The lowest BCUT2D eigenvalue weighted by atomic mass is 10.2. The molecule has 0 unspecified atom stereocenters. The van der Waals surface area contributed by atoms with Gasteiger partial charge in [0.2, 0.25) is 12.0 Å². The van der Waals surface area contributed by atoms with Gasteiger partial charge in [-0.05, 0) is 18.6 Å². The van der Waals surface area contributed by atoms with Gasteiger partial charge in [-0.2, -0.15) is 0 Å². The molecule has 1 aliphatic rings. The summed E-state index contributed by atoms with van der Waals surface area (Å²) < 4.78 is 16.8. The Morgan fingerprint density at radius 1 is 1.32 bits per heavy atom. The number of hydrogen-bond donors (Lipinski definition) is 1. The Morgan fingerprint density at radius 3 is 2.95 bits per heavy atom. The topological polar surface area (TPSA) is 86.5 Å². The molecule has 22 heavy (non-hydrogen) atoms. The minimum absolute atomic E-state index is 0.0820. The second kappa shape index (κ2) is 6.46. The summed E-state index contributed by atoms with van der Waals surface area (Å²) in [6.07, 6.45) is 1.73. The number of unbranched alkanes of at least 4 members (excludes halogenated alkanes) is 1. The molecule has 1 N–H and O–H groups in total. The van der Waals surface area contributed by atoms with Crippen molar-refractivity contribution in [2.75, 3.05) is 11.9 Å². The van der Waals surface area contributed by atoms with E-state index in [0.717, 1.165) is 12.8 Å². The highest BCUT2D eigenvalue weighted by Crippen LogP contribution is 2.35. The van der Waals surface area contributed by atoms with Crippen molar-refractivity contribution in [1.29, 1.82) is 0 Å². The van der Waals surface area contributed by atoms with Gasteiger partial charge in [0.25, 0.3) is 5.89 Å². The number of anilines is 1. The minimum Gasteiger partial charge on any atom is -0.485 e. The van der Waals surface area contributed by atoms with Crippen molar-refractivity contribution in [3.8, 4) is 11.5 Å². The molecular weight excluding hydrogens is 286 g/mol. The number of fused-ring (bicyclic) bond motifs is 1. The van der Waals surface area contributed by atoms with Crippen LogP contribution in [-0.4, -0.2) is 22.7 Å². The minimum atomic E-state index is -0.483. The molecule has 1 aromatic heterocycles. The van der Waals surface area contributed by atoms with E-state index in [1.165, 1.54) is 0 Å². The Morgan fingerprint density at radius 2 is 2.14 bits per heavy atom. The van der Waals surface area contributed by atoms with Gasteiger partial charge in [0.05, 0.1) is 0 Å². The number of carbonyl (C=O) groups excluding carboxylic acids is 1. The Hall–Kier alpha value is -2.57. The maximum Gasteiger partial charge on any atom is 0.322 e. The van der Waals surface area contributed by atoms with Crippen molar-refractivity contribution in [3.63, 3.8) is 0 Å². The first-order chi connectivity index (χ1) is 10.8. The lowest BCUT2D eigenvalue weighted by Crippen LogP contribution is -2.21. The molecule has 0 radical (unpaired) electrons. The zero-order valence-electron chi connectivity index (χ0n) is 12.2. The molecule has 0 bridgehead atoms. The summed E-state index contributed by atoms with van der Waals surface area (Å²) >= 11 is 0. The summed E-state index contributed by atoms with van der Waals surface area (Å²) in [5, 5.41) is 10.3. The Balaban J connectivity index is 1.64. The van der Waals surface area contributed by atoms with E-state index in [9.17, 15) is 4.79 Å². The Kier molecular flexibility index (Phi) is 4.22. The van der Waals surface area contributed by atoms with Crippen molar-refractivity contribution in [2.45, 2.75) is 32.3 Å². The molecule has 116 valence electrons. The summed E-state index contributed by atoms with van der Waals surface area (Å²) in [6.45, 7) is 2.30. The van der Waals surface area contributed by atoms with Crippen LogP contribution in [0.25, 0.3) is 0 Å². The van der Waals surface area contributed by atoms with Crippen molar-refractivity contribution in [2.24, 2.45) is 0 Å². The number of hydrogen-bond acceptors (Lipinski definition) is 6. The molecule has 0 spiro atoms. The van der Waals surface area contributed by atoms with Crippen LogP contribution in [0.1, 0.15) is 38.2 Å². The zero-order chi connectivity index (χ0) is 15.4. The first-order valence-corrected chi connectivity index (χ1v) is 7.28. The molecule has 1 atom stereocenters. The molecule has 0 fully saturated rings. The smallest absolute Gasteiger partial charge is 0.322 e. The van der Waals surface area contributed by atoms with Gasteiger partial charge in [-0.15, -0.1) is 5.10 Å². The van der Waals surface area contributed by atoms with Crippen molar-refractivity contribution in [1.82, 2.24) is 10.2 Å². The average Bonchev–Trinajstić information content (AvgIpc) is 3.01. The molecule has 7 nitrogen and oxygen atoms in total. The number of para-hydroxylation sites is 2. The van der Waals surface area contributed by atoms with Gasteiger partial charge in [0.15, 0.2) is 11.5 Å². The van der Waals surface area contributed by atoms with Crippen molar-refractivity contribution in [3.05, 3.63) is 30.2 Å². The van der Waals surface area contributed by atoms with Gasteiger partial charge in [-0.1, -0.05) is 30.6 Å². The lowest BCUT2D eigenvalue weighted by molar-refractivity contribution is -0.116. The van der Waals surface area contributed by atoms with Crippen molar-refractivity contribution < 1.29 is 18.7 Å². The van der Waals surface area contributed by atoms with Crippen LogP contribution in [0.4, 0.5) is 6.01 Å². The first kappa shape index (κ1) is 14.4. The summed E-state index contributed by atoms with van der Waals surface area (Å²) in [4.78, 5) is 11.6. The Labute approximate surface area is 127 Å². The average molecular weight is 303 g/mol. The number of ether oxygens (including phenoxy) is 2. The van der Waals surface area contributed by atoms with Gasteiger partial charge in [-0.25, -0.2) is 0 Å². The maximum absolute atomic E-state index is 11.6. The molecule has 1 aromatic carbocycles. The third-order valence-corrected chi connectivity index (χ3v) is 3.23. The standard InChI is InChI=1S/C15H17N3O4/c1-2-3-8-13(19)16-15-18-17-14(22-15)12-9-20-10-6-4-5-7-11(10)21-12/h4-7,12H,2-3,8-9H2,1H3,(H,16,18,19)/t12-/m1/s1. The van der Waals surface area contributed by atoms with E-state index in [2.05, 4.69) is 15.5 Å². The van der Waals surface area contributed by atoms with Crippen LogP contribution in [0.2, 0.25) is 0 Å². The van der Waals surface area contributed by atoms with Crippen LogP contribution in [0.5, 0.6) is 11.5 Å². The Bertz CT molecular complexity index is 656. The SMILES string of the molecule is CCCCC(=O)Nc1nnc([C@H]2COc3ccccc3O2)o1. The van der Waals surface area contributed by atoms with E-state index in [1.807, 2.05) is 31.2 Å². The normalized spacial score (nSPS) is 16.3. The number of nitrogens with one attached hydrogen (secondary N) is 1. The van der Waals surface area contributed by atoms with Crippen LogP contribution in [0.15, 0.2) is 28.7 Å². The largest absolute Gasteiger partial charge is 0.485 e. The number of amides is 1. The lowest BCUT2D eigenvalue weighted by Gasteiger charge is -2.23. The number of aromatic nitrogens is 2. The quantitative estimate of drug-likeness (QED) is 0.914. The molecule has 0 saturated heterocycles. The van der Waals surface area contributed by atoms with E-state index < -0.39 is 6.10 Å². The summed E-state index contributed by atoms with van der Waals surface area (Å²) in [6, 6.07) is 7.46. The molecule has 7 heteroatoms. The second-order valence-electron chi connectivity index (χ2n) is 4.96. The number of benzene rings is 1. The molecule has 2 aromatic rings. The summed E-state index contributed by atoms with van der Waals surface area (Å²) in [7, 11) is 0. The second-order valence-corrected chi connectivity index (χ2v) is 4.96. The number of nitrogens with zero attached hydrogens (tertiary/aromatic N) is 2. The maximum atomic E-state index is 11.6. The number of rotatable bonds is 5. The fourth-order valence-electron chi connectivity index (χ4n) is 2.08. The van der Waals surface area contributed by atoms with Gasteiger partial charge in [0, 0.05) is 6.42 Å². The fraction of sp³-hybridized carbons (Fsp3) is 0.400. The molecule has 1 amide bonds. The summed E-state index contributed by atoms with van der Waals surface area (Å²) in [5.74, 6) is 1.46. The molecule has 2 heterocycles. The van der Waals surface area contributed by atoms with Gasteiger partial charge < -0.3 is 13.9 Å². The molecular formula is C15H17N3O4. The van der Waals surface area contributed by atoms with E-state index in [1.54, 1.807) is 0 Å².